The van der Waals surface area contributed by atoms with Gasteiger partial charge in [-0.05, 0) is 31.6 Å². The van der Waals surface area contributed by atoms with Gasteiger partial charge in [0.25, 0.3) is 0 Å². The van der Waals surface area contributed by atoms with Gasteiger partial charge in [-0.25, -0.2) is 9.13 Å². The van der Waals surface area contributed by atoms with Crippen molar-refractivity contribution in [3.05, 3.63) is 0 Å². The van der Waals surface area contributed by atoms with Crippen molar-refractivity contribution in [3.8, 4) is 0 Å². The molecule has 0 aromatic rings. The van der Waals surface area contributed by atoms with Crippen LogP contribution in [0.1, 0.15) is 317 Å². The SMILES string of the molecule is CCCCCCCCCCCCCCCCCCCCCCCCC(=O)O[C@H](COC(=O)CCCCCCCCC(C)CC)COP(=O)(O)OC[C@@H](O)COP(=O)(O)OC[C@@H](COC(=O)CCCCCCC)OC(=O)CCCCCCC. The molecular formula is C63H122O17P2. The van der Waals surface area contributed by atoms with Crippen LogP contribution in [0.3, 0.4) is 0 Å². The Morgan fingerprint density at radius 1 is 0.341 bits per heavy atom. The normalized spacial score (nSPS) is 14.6. The molecule has 0 rings (SSSR count). The van der Waals surface area contributed by atoms with Crippen molar-refractivity contribution in [2.24, 2.45) is 5.92 Å². The van der Waals surface area contributed by atoms with E-state index in [2.05, 4.69) is 34.6 Å². The van der Waals surface area contributed by atoms with E-state index in [9.17, 15) is 43.2 Å². The minimum absolute atomic E-state index is 0.0987. The Morgan fingerprint density at radius 2 is 0.585 bits per heavy atom. The minimum Gasteiger partial charge on any atom is -0.462 e. The first-order chi connectivity index (χ1) is 39.6. The number of phosphoric acid groups is 2. The Labute approximate surface area is 498 Å². The Balaban J connectivity index is 4.99. The summed E-state index contributed by atoms with van der Waals surface area (Å²) in [5.74, 6) is -1.43. The van der Waals surface area contributed by atoms with Gasteiger partial charge in [0.2, 0.25) is 0 Å². The highest BCUT2D eigenvalue weighted by molar-refractivity contribution is 7.47. The van der Waals surface area contributed by atoms with Crippen molar-refractivity contribution in [2.45, 2.75) is 335 Å². The Kier molecular flexibility index (Phi) is 55.5. The molecule has 0 aromatic carbocycles. The topological polar surface area (TPSA) is 237 Å². The summed E-state index contributed by atoms with van der Waals surface area (Å²) in [7, 11) is -9.86. The number of rotatable bonds is 63. The largest absolute Gasteiger partial charge is 0.472 e. The van der Waals surface area contributed by atoms with Gasteiger partial charge in [-0.1, -0.05) is 266 Å². The van der Waals surface area contributed by atoms with Gasteiger partial charge in [-0.15, -0.1) is 0 Å². The second kappa shape index (κ2) is 56.8. The average molecular weight is 1210 g/mol. The van der Waals surface area contributed by atoms with E-state index in [-0.39, 0.29) is 25.7 Å². The van der Waals surface area contributed by atoms with E-state index in [0.29, 0.717) is 25.7 Å². The van der Waals surface area contributed by atoms with Crippen molar-refractivity contribution in [1.29, 1.82) is 0 Å². The smallest absolute Gasteiger partial charge is 0.462 e. The van der Waals surface area contributed by atoms with Crippen molar-refractivity contribution in [2.75, 3.05) is 39.6 Å². The standard InChI is InChI=1S/C63H122O17P2/c1-6-10-13-16-17-18-19-20-21-22-23-24-25-26-27-28-29-30-31-32-39-44-49-63(68)80-59(53-74-61(66)47-42-38-34-33-37-40-45-56(5)9-4)55-78-82(71,72)76-51-57(64)50-75-81(69,70)77-54-58(79-62(67)48-43-36-15-12-8-3)52-73-60(65)46-41-35-14-11-7-2/h56-59,64H,6-55H2,1-5H3,(H,69,70)(H,71,72)/t56?,57-,58+,59+/m0/s1. The molecule has 0 amide bonds. The number of carbonyl (C=O) groups is 4. The fourth-order valence-electron chi connectivity index (χ4n) is 9.37. The van der Waals surface area contributed by atoms with Crippen LogP contribution in [0.15, 0.2) is 0 Å². The average Bonchev–Trinajstić information content (AvgIpc) is 3.45. The van der Waals surface area contributed by atoms with Crippen molar-refractivity contribution in [3.63, 3.8) is 0 Å². The van der Waals surface area contributed by atoms with Crippen LogP contribution in [0.2, 0.25) is 0 Å². The molecule has 0 aliphatic carbocycles. The minimum atomic E-state index is -4.94. The van der Waals surface area contributed by atoms with Crippen LogP contribution < -0.4 is 0 Å². The van der Waals surface area contributed by atoms with E-state index < -0.39 is 97.5 Å². The fraction of sp³-hybridized carbons (Fsp3) is 0.937. The van der Waals surface area contributed by atoms with Crippen LogP contribution in [-0.2, 0) is 65.4 Å². The van der Waals surface area contributed by atoms with Gasteiger partial charge < -0.3 is 33.8 Å². The van der Waals surface area contributed by atoms with E-state index in [1.54, 1.807) is 0 Å². The highest BCUT2D eigenvalue weighted by atomic mass is 31.2. The first-order valence-electron chi connectivity index (χ1n) is 33.2. The van der Waals surface area contributed by atoms with Crippen LogP contribution in [-0.4, -0.2) is 96.7 Å². The first-order valence-corrected chi connectivity index (χ1v) is 36.2. The van der Waals surface area contributed by atoms with Gasteiger partial charge in [0.15, 0.2) is 12.2 Å². The zero-order valence-corrected chi connectivity index (χ0v) is 54.4. The fourth-order valence-corrected chi connectivity index (χ4v) is 11.0. The number of ether oxygens (including phenoxy) is 4. The van der Waals surface area contributed by atoms with E-state index in [4.69, 9.17) is 37.0 Å². The van der Waals surface area contributed by atoms with Crippen LogP contribution in [0, 0.1) is 5.92 Å². The summed E-state index contributed by atoms with van der Waals surface area (Å²) in [5, 5.41) is 10.5. The lowest BCUT2D eigenvalue weighted by Gasteiger charge is -2.21. The Bertz CT molecular complexity index is 1600. The number of phosphoric ester groups is 2. The van der Waals surface area contributed by atoms with E-state index >= 15 is 0 Å². The zero-order valence-electron chi connectivity index (χ0n) is 52.6. The number of hydrogen-bond donors (Lipinski definition) is 3. The third kappa shape index (κ3) is 55.9. The summed E-state index contributed by atoms with van der Waals surface area (Å²) in [4.78, 5) is 71.6. The molecule has 0 saturated heterocycles. The summed E-state index contributed by atoms with van der Waals surface area (Å²) >= 11 is 0. The maximum absolute atomic E-state index is 13.0. The third-order valence-electron chi connectivity index (χ3n) is 14.9. The highest BCUT2D eigenvalue weighted by Gasteiger charge is 2.30. The molecule has 0 saturated carbocycles. The molecule has 0 radical (unpaired) electrons. The number of carbonyl (C=O) groups excluding carboxylic acids is 4. The number of aliphatic hydroxyl groups excluding tert-OH is 1. The number of hydrogen-bond acceptors (Lipinski definition) is 15. The lowest BCUT2D eigenvalue weighted by atomic mass is 10.00. The summed E-state index contributed by atoms with van der Waals surface area (Å²) in [6, 6.07) is 0. The summed E-state index contributed by atoms with van der Waals surface area (Å²) in [5.41, 5.74) is 0. The third-order valence-corrected chi connectivity index (χ3v) is 16.8. The molecule has 82 heavy (non-hydrogen) atoms. The van der Waals surface area contributed by atoms with Crippen molar-refractivity contribution in [1.82, 2.24) is 0 Å². The summed E-state index contributed by atoms with van der Waals surface area (Å²) in [6.45, 7) is 6.95. The lowest BCUT2D eigenvalue weighted by Crippen LogP contribution is -2.30. The molecule has 3 unspecified atom stereocenters. The molecule has 0 aliphatic heterocycles. The van der Waals surface area contributed by atoms with Crippen LogP contribution in [0.5, 0.6) is 0 Å². The highest BCUT2D eigenvalue weighted by Crippen LogP contribution is 2.45. The Hall–Kier alpha value is -1.94. The molecule has 19 heteroatoms. The van der Waals surface area contributed by atoms with Crippen molar-refractivity contribution >= 4 is 39.5 Å². The van der Waals surface area contributed by atoms with E-state index in [0.717, 1.165) is 109 Å². The van der Waals surface area contributed by atoms with Gasteiger partial charge in [-0.2, -0.15) is 0 Å². The molecule has 6 atom stereocenters. The van der Waals surface area contributed by atoms with Gasteiger partial charge in [0, 0.05) is 25.7 Å². The monoisotopic (exact) mass is 1210 g/mol. The lowest BCUT2D eigenvalue weighted by molar-refractivity contribution is -0.161. The van der Waals surface area contributed by atoms with E-state index in [1.807, 2.05) is 0 Å². The first kappa shape index (κ1) is 80.1. The molecule has 0 aromatic heterocycles. The zero-order chi connectivity index (χ0) is 60.6. The van der Waals surface area contributed by atoms with E-state index in [1.165, 1.54) is 128 Å². The van der Waals surface area contributed by atoms with Crippen LogP contribution in [0.4, 0.5) is 0 Å². The van der Waals surface area contributed by atoms with Gasteiger partial charge >= 0.3 is 39.5 Å². The molecule has 0 fully saturated rings. The van der Waals surface area contributed by atoms with Crippen LogP contribution >= 0.6 is 15.6 Å². The second-order valence-electron chi connectivity index (χ2n) is 23.0. The number of esters is 4. The Morgan fingerprint density at radius 3 is 0.866 bits per heavy atom. The maximum Gasteiger partial charge on any atom is 0.472 e. The number of unbranched alkanes of at least 4 members (excludes halogenated alkanes) is 34. The molecule has 0 aliphatic rings. The quantitative estimate of drug-likeness (QED) is 0.0222. The van der Waals surface area contributed by atoms with Gasteiger partial charge in [-0.3, -0.25) is 37.3 Å². The molecule has 0 heterocycles. The second-order valence-corrected chi connectivity index (χ2v) is 25.9. The molecule has 486 valence electrons. The predicted octanol–water partition coefficient (Wildman–Crippen LogP) is 17.4. The van der Waals surface area contributed by atoms with Crippen LogP contribution in [0.25, 0.3) is 0 Å². The number of aliphatic hydroxyl groups is 1. The van der Waals surface area contributed by atoms with Crippen molar-refractivity contribution < 1.29 is 80.2 Å². The summed E-state index contributed by atoms with van der Waals surface area (Å²) in [6.07, 6.45) is 41.5. The maximum atomic E-state index is 13.0. The summed E-state index contributed by atoms with van der Waals surface area (Å²) < 4.78 is 67.5. The molecule has 0 spiro atoms. The molecule has 17 nitrogen and oxygen atoms in total. The van der Waals surface area contributed by atoms with Gasteiger partial charge in [0.1, 0.15) is 19.3 Å². The van der Waals surface area contributed by atoms with Gasteiger partial charge in [0.05, 0.1) is 26.4 Å². The predicted molar refractivity (Wildman–Crippen MR) is 326 cm³/mol. The molecule has 3 N–H and O–H groups in total. The molecular weight excluding hydrogens is 1090 g/mol. The molecule has 0 bridgehead atoms.